The molecule has 0 radical (unpaired) electrons. The van der Waals surface area contributed by atoms with Crippen molar-refractivity contribution in [3.63, 3.8) is 0 Å². The molecule has 120 valence electrons. The lowest BCUT2D eigenvalue weighted by Gasteiger charge is -2.32. The van der Waals surface area contributed by atoms with Gasteiger partial charge in [-0.1, -0.05) is 0 Å². The van der Waals surface area contributed by atoms with Gasteiger partial charge in [0.05, 0.1) is 0 Å². The SMILES string of the molecule is CC(=S)OCC(COC(C)=S)(COC(C)=S)COC(C)=S. The molecule has 0 aliphatic rings. The third-order valence-corrected chi connectivity index (χ3v) is 2.80. The highest BCUT2D eigenvalue weighted by molar-refractivity contribution is 7.80. The van der Waals surface area contributed by atoms with Crippen LogP contribution in [-0.4, -0.2) is 46.6 Å². The maximum atomic E-state index is 5.47. The van der Waals surface area contributed by atoms with E-state index in [1.54, 1.807) is 27.7 Å². The van der Waals surface area contributed by atoms with E-state index in [1.165, 1.54) is 0 Å². The normalized spacial score (nSPS) is 10.5. The van der Waals surface area contributed by atoms with Gasteiger partial charge in [-0.2, -0.15) is 0 Å². The summed E-state index contributed by atoms with van der Waals surface area (Å²) < 4.78 is 21.9. The molecule has 4 nitrogen and oxygen atoms in total. The Balaban J connectivity index is 5.02. The van der Waals surface area contributed by atoms with E-state index >= 15 is 0 Å². The van der Waals surface area contributed by atoms with Crippen LogP contribution in [0, 0.1) is 5.41 Å². The fourth-order valence-corrected chi connectivity index (χ4v) is 1.50. The smallest absolute Gasteiger partial charge is 0.156 e. The minimum Gasteiger partial charge on any atom is -0.486 e. The van der Waals surface area contributed by atoms with Gasteiger partial charge in [0.2, 0.25) is 0 Å². The van der Waals surface area contributed by atoms with Crippen LogP contribution in [0.1, 0.15) is 27.7 Å². The fourth-order valence-electron chi connectivity index (χ4n) is 1.27. The summed E-state index contributed by atoms with van der Waals surface area (Å²) in [6.45, 7) is 7.83. The predicted molar refractivity (Wildman–Crippen MR) is 99.3 cm³/mol. The molecule has 0 amide bonds. The first-order valence-electron chi connectivity index (χ1n) is 6.20. The lowest BCUT2D eigenvalue weighted by Crippen LogP contribution is -2.43. The standard InChI is InChI=1S/C13H20O4S4/c1-9(18)14-5-13(6-15-10(2)19,7-16-11(3)20)8-17-12(4)21/h5-8H2,1-4H3. The zero-order valence-corrected chi connectivity index (χ0v) is 15.9. The van der Waals surface area contributed by atoms with Gasteiger partial charge >= 0.3 is 0 Å². The molecular weight excluding hydrogens is 348 g/mol. The predicted octanol–water partition coefficient (Wildman–Crippen LogP) is 3.43. The number of thiocarbonyl (C=S) groups is 4. The van der Waals surface area contributed by atoms with E-state index in [9.17, 15) is 0 Å². The van der Waals surface area contributed by atoms with E-state index in [4.69, 9.17) is 67.8 Å². The van der Waals surface area contributed by atoms with Crippen LogP contribution in [-0.2, 0) is 18.9 Å². The van der Waals surface area contributed by atoms with Crippen LogP contribution in [0.3, 0.4) is 0 Å². The first kappa shape index (κ1) is 20.6. The van der Waals surface area contributed by atoms with Gasteiger partial charge in [0, 0.05) is 27.7 Å². The summed E-state index contributed by atoms with van der Waals surface area (Å²) in [5.41, 5.74) is -0.611. The van der Waals surface area contributed by atoms with Crippen molar-refractivity contribution in [1.29, 1.82) is 0 Å². The Morgan fingerprint density at radius 3 is 0.905 bits per heavy atom. The second-order valence-corrected chi connectivity index (χ2v) is 6.92. The molecule has 0 saturated carbocycles. The molecule has 0 saturated heterocycles. The zero-order chi connectivity index (χ0) is 16.5. The molecule has 8 heteroatoms. The van der Waals surface area contributed by atoms with Gasteiger partial charge in [0.25, 0.3) is 0 Å². The molecule has 0 spiro atoms. The Kier molecular flexibility index (Phi) is 10.1. The minimum atomic E-state index is -0.611. The van der Waals surface area contributed by atoms with Crippen LogP contribution in [0.15, 0.2) is 0 Å². The highest BCUT2D eigenvalue weighted by Crippen LogP contribution is 2.22. The van der Waals surface area contributed by atoms with Crippen LogP contribution in [0.25, 0.3) is 0 Å². The maximum absolute atomic E-state index is 5.47. The third-order valence-electron chi connectivity index (χ3n) is 2.33. The molecule has 0 rings (SSSR count). The summed E-state index contributed by atoms with van der Waals surface area (Å²) in [5, 5.41) is 1.71. The van der Waals surface area contributed by atoms with E-state index in [2.05, 4.69) is 0 Å². The molecule has 0 bridgehead atoms. The van der Waals surface area contributed by atoms with Crippen molar-refractivity contribution in [3.8, 4) is 0 Å². The van der Waals surface area contributed by atoms with Crippen LogP contribution in [0.2, 0.25) is 0 Å². The van der Waals surface area contributed by atoms with Crippen molar-refractivity contribution in [1.82, 2.24) is 0 Å². The summed E-state index contributed by atoms with van der Waals surface area (Å²) >= 11 is 19.8. The molecule has 0 N–H and O–H groups in total. The first-order valence-corrected chi connectivity index (χ1v) is 7.83. The molecule has 0 aliphatic heterocycles. The van der Waals surface area contributed by atoms with Crippen molar-refractivity contribution in [2.24, 2.45) is 5.41 Å². The van der Waals surface area contributed by atoms with Gasteiger partial charge in [-0.3, -0.25) is 0 Å². The van der Waals surface area contributed by atoms with E-state index in [0.717, 1.165) is 0 Å². The van der Waals surface area contributed by atoms with Gasteiger partial charge in [0.1, 0.15) is 31.8 Å². The minimum absolute atomic E-state index is 0.260. The zero-order valence-electron chi connectivity index (χ0n) is 12.6. The second-order valence-electron chi connectivity index (χ2n) is 4.62. The van der Waals surface area contributed by atoms with Crippen LogP contribution in [0.5, 0.6) is 0 Å². The molecule has 0 atom stereocenters. The van der Waals surface area contributed by atoms with Gasteiger partial charge in [-0.05, 0) is 48.9 Å². The molecule has 0 fully saturated rings. The maximum Gasteiger partial charge on any atom is 0.156 e. The Morgan fingerprint density at radius 1 is 0.571 bits per heavy atom. The molecule has 0 aromatic rings. The topological polar surface area (TPSA) is 36.9 Å². The Hall–Kier alpha value is -0.440. The Morgan fingerprint density at radius 2 is 0.762 bits per heavy atom. The number of ether oxygens (including phenoxy) is 4. The number of hydrogen-bond donors (Lipinski definition) is 0. The second kappa shape index (κ2) is 10.3. The quantitative estimate of drug-likeness (QED) is 0.603. The summed E-state index contributed by atoms with van der Waals surface area (Å²) in [6.07, 6.45) is 0. The van der Waals surface area contributed by atoms with Gasteiger partial charge < -0.3 is 18.9 Å². The van der Waals surface area contributed by atoms with E-state index in [-0.39, 0.29) is 26.4 Å². The number of rotatable bonds is 8. The van der Waals surface area contributed by atoms with Crippen molar-refractivity contribution in [2.45, 2.75) is 27.7 Å². The summed E-state index contributed by atoms with van der Waals surface area (Å²) in [5.74, 6) is 0. The third kappa shape index (κ3) is 10.9. The van der Waals surface area contributed by atoms with E-state index < -0.39 is 5.41 Å². The largest absolute Gasteiger partial charge is 0.486 e. The molecule has 21 heavy (non-hydrogen) atoms. The van der Waals surface area contributed by atoms with Crippen LogP contribution in [0.4, 0.5) is 0 Å². The average molecular weight is 369 g/mol. The van der Waals surface area contributed by atoms with Gasteiger partial charge in [-0.15, -0.1) is 0 Å². The molecule has 0 aromatic heterocycles. The average Bonchev–Trinajstić information content (AvgIpc) is 2.36. The van der Waals surface area contributed by atoms with Crippen LogP contribution >= 0.6 is 48.9 Å². The summed E-state index contributed by atoms with van der Waals surface area (Å²) in [6, 6.07) is 0. The van der Waals surface area contributed by atoms with Crippen LogP contribution < -0.4 is 0 Å². The lowest BCUT2D eigenvalue weighted by molar-refractivity contribution is -0.0142. The Labute approximate surface area is 147 Å². The first-order chi connectivity index (χ1) is 9.67. The van der Waals surface area contributed by atoms with Crippen molar-refractivity contribution in [3.05, 3.63) is 0 Å². The highest BCUT2D eigenvalue weighted by atomic mass is 32.1. The summed E-state index contributed by atoms with van der Waals surface area (Å²) in [4.78, 5) is 0. The molecular formula is C13H20O4S4. The fraction of sp³-hybridized carbons (Fsp3) is 0.692. The van der Waals surface area contributed by atoms with Crippen molar-refractivity contribution < 1.29 is 18.9 Å². The summed E-state index contributed by atoms with van der Waals surface area (Å²) in [7, 11) is 0. The van der Waals surface area contributed by atoms with Gasteiger partial charge in [-0.25, -0.2) is 0 Å². The highest BCUT2D eigenvalue weighted by Gasteiger charge is 2.35. The molecule has 0 aliphatic carbocycles. The molecule has 0 aromatic carbocycles. The number of hydrogen-bond acceptors (Lipinski definition) is 8. The van der Waals surface area contributed by atoms with Crippen molar-refractivity contribution in [2.75, 3.05) is 26.4 Å². The molecule has 0 heterocycles. The van der Waals surface area contributed by atoms with E-state index in [1.807, 2.05) is 0 Å². The lowest BCUT2D eigenvalue weighted by atomic mass is 9.92. The van der Waals surface area contributed by atoms with E-state index in [0.29, 0.717) is 20.2 Å². The molecule has 0 unspecified atom stereocenters. The monoisotopic (exact) mass is 368 g/mol. The van der Waals surface area contributed by atoms with Crippen molar-refractivity contribution >= 4 is 69.1 Å². The van der Waals surface area contributed by atoms with Gasteiger partial charge in [0.15, 0.2) is 20.2 Å². The Bertz CT molecular complexity index is 331.